The van der Waals surface area contributed by atoms with Gasteiger partial charge in [0.15, 0.2) is 0 Å². The summed E-state index contributed by atoms with van der Waals surface area (Å²) in [6.45, 7) is 3.90. The fourth-order valence-electron chi connectivity index (χ4n) is 3.44. The van der Waals surface area contributed by atoms with Crippen molar-refractivity contribution >= 4 is 17.8 Å². The van der Waals surface area contributed by atoms with Crippen molar-refractivity contribution in [1.82, 2.24) is 14.8 Å². The fraction of sp³-hybridized carbons (Fsp3) is 0.600. The molecule has 0 unspecified atom stereocenters. The molecule has 1 saturated carbocycles. The van der Waals surface area contributed by atoms with Gasteiger partial charge in [-0.1, -0.05) is 6.07 Å². The molecule has 0 spiro atoms. The minimum absolute atomic E-state index is 0.173. The molecular weight excluding hydrogens is 492 g/mol. The van der Waals surface area contributed by atoms with Gasteiger partial charge in [-0.25, -0.2) is 9.59 Å². The molecule has 3 heterocycles. The van der Waals surface area contributed by atoms with Crippen LogP contribution in [0, 0.1) is 5.92 Å². The fourth-order valence-corrected chi connectivity index (χ4v) is 3.44. The van der Waals surface area contributed by atoms with Gasteiger partial charge in [0.2, 0.25) is 5.91 Å². The zero-order valence-electron chi connectivity index (χ0n) is 18.1. The number of halogens is 6. The Morgan fingerprint density at radius 1 is 1.06 bits per heavy atom. The summed E-state index contributed by atoms with van der Waals surface area (Å²) in [7, 11) is 0. The molecule has 2 N–H and O–H groups in total. The predicted octanol–water partition coefficient (Wildman–Crippen LogP) is 2.17. The van der Waals surface area contributed by atoms with Gasteiger partial charge in [-0.3, -0.25) is 14.7 Å². The lowest BCUT2D eigenvalue weighted by Crippen LogP contribution is -2.54. The van der Waals surface area contributed by atoms with Gasteiger partial charge < -0.3 is 19.8 Å². The second-order valence-electron chi connectivity index (χ2n) is 8.07. The summed E-state index contributed by atoms with van der Waals surface area (Å²) in [6, 6.07) is 4.31. The first-order chi connectivity index (χ1) is 16.2. The number of carbonyl (C=O) groups is 3. The normalized spacial score (nSPS) is 22.3. The Bertz CT molecular complexity index is 854. The number of fused-ring (bicyclic) bond motifs is 1. The largest absolute Gasteiger partial charge is 0.490 e. The van der Waals surface area contributed by atoms with Crippen molar-refractivity contribution in [3.63, 3.8) is 0 Å². The Labute approximate surface area is 195 Å². The maximum Gasteiger partial charge on any atom is 0.490 e. The van der Waals surface area contributed by atoms with Gasteiger partial charge in [-0.2, -0.15) is 26.3 Å². The zero-order valence-corrected chi connectivity index (χ0v) is 18.1. The highest BCUT2D eigenvalue weighted by Crippen LogP contribution is 2.33. The van der Waals surface area contributed by atoms with Crippen molar-refractivity contribution in [1.29, 1.82) is 0 Å². The van der Waals surface area contributed by atoms with Crippen molar-refractivity contribution in [2.24, 2.45) is 5.92 Å². The monoisotopic (exact) mass is 515 g/mol. The number of likely N-dealkylation sites (tertiary alicyclic amines) is 1. The van der Waals surface area contributed by atoms with Crippen molar-refractivity contribution in [2.45, 2.75) is 43.9 Å². The third-order valence-corrected chi connectivity index (χ3v) is 5.22. The molecule has 35 heavy (non-hydrogen) atoms. The molecule has 1 amide bonds. The minimum atomic E-state index is -5.08. The molecule has 2 atom stereocenters. The van der Waals surface area contributed by atoms with Crippen LogP contribution in [0.2, 0.25) is 0 Å². The van der Waals surface area contributed by atoms with Crippen molar-refractivity contribution < 1.29 is 55.7 Å². The van der Waals surface area contributed by atoms with Crippen LogP contribution >= 0.6 is 0 Å². The van der Waals surface area contributed by atoms with Gasteiger partial charge in [0, 0.05) is 38.6 Å². The molecule has 2 aliphatic heterocycles. The van der Waals surface area contributed by atoms with Crippen LogP contribution in [0.25, 0.3) is 0 Å². The van der Waals surface area contributed by atoms with Crippen LogP contribution in [0.1, 0.15) is 18.4 Å². The standard InChI is InChI=1S/C16H21N3O2.2C2HF3O2/c20-16-11-21-15-10-18(7-13-2-1-5-17-6-13)9-14(15)19(16)8-12-3-4-12;2*3-2(4,5)1(6)7/h1-2,5-6,12,14-15H,3-4,7-11H2;2*(H,6,7)/t14-,15-;;/m1../s1. The molecule has 1 aromatic heterocycles. The van der Waals surface area contributed by atoms with Crippen LogP contribution in [0.5, 0.6) is 0 Å². The first kappa shape index (κ1) is 28.3. The number of morpholine rings is 1. The smallest absolute Gasteiger partial charge is 0.475 e. The van der Waals surface area contributed by atoms with Gasteiger partial charge in [0.25, 0.3) is 0 Å². The number of aromatic nitrogens is 1. The Hall–Kier alpha value is -2.94. The van der Waals surface area contributed by atoms with Gasteiger partial charge in [-0.05, 0) is 30.4 Å². The molecule has 9 nitrogen and oxygen atoms in total. The van der Waals surface area contributed by atoms with Crippen LogP contribution in [-0.4, -0.2) is 93.6 Å². The van der Waals surface area contributed by atoms with Gasteiger partial charge in [0.05, 0.1) is 12.1 Å². The van der Waals surface area contributed by atoms with E-state index in [1.165, 1.54) is 18.4 Å². The quantitative estimate of drug-likeness (QED) is 0.586. The van der Waals surface area contributed by atoms with Crippen molar-refractivity contribution in [2.75, 3.05) is 26.2 Å². The van der Waals surface area contributed by atoms with Crippen LogP contribution in [0.3, 0.4) is 0 Å². The average Bonchev–Trinajstić information content (AvgIpc) is 3.48. The van der Waals surface area contributed by atoms with E-state index in [1.54, 1.807) is 6.20 Å². The molecular formula is C20H23F6N3O6. The summed E-state index contributed by atoms with van der Waals surface area (Å²) in [5.74, 6) is -4.61. The van der Waals surface area contributed by atoms with Gasteiger partial charge in [0.1, 0.15) is 6.61 Å². The molecule has 196 valence electrons. The number of carboxylic acid groups (broad SMARTS) is 2. The average molecular weight is 515 g/mol. The summed E-state index contributed by atoms with van der Waals surface area (Å²) in [6.07, 6.45) is -3.72. The first-order valence-corrected chi connectivity index (χ1v) is 10.3. The van der Waals surface area contributed by atoms with Crippen molar-refractivity contribution in [3.05, 3.63) is 30.1 Å². The number of carboxylic acids is 2. The van der Waals surface area contributed by atoms with E-state index in [0.29, 0.717) is 0 Å². The summed E-state index contributed by atoms with van der Waals surface area (Å²) in [4.78, 5) is 38.6. The number of pyridine rings is 1. The van der Waals surface area contributed by atoms with E-state index < -0.39 is 24.3 Å². The number of aliphatic carboxylic acids is 2. The van der Waals surface area contributed by atoms with E-state index in [2.05, 4.69) is 20.9 Å². The summed E-state index contributed by atoms with van der Waals surface area (Å²) in [5.41, 5.74) is 1.22. The van der Waals surface area contributed by atoms with E-state index in [4.69, 9.17) is 24.5 Å². The van der Waals surface area contributed by atoms with Crippen LogP contribution in [0.4, 0.5) is 26.3 Å². The first-order valence-electron chi connectivity index (χ1n) is 10.3. The number of hydrogen-bond acceptors (Lipinski definition) is 6. The Kier molecular flexibility index (Phi) is 9.43. The van der Waals surface area contributed by atoms with Crippen LogP contribution in [-0.2, 0) is 25.7 Å². The molecule has 2 saturated heterocycles. The highest BCUT2D eigenvalue weighted by molar-refractivity contribution is 5.78. The molecule has 0 aromatic carbocycles. The second kappa shape index (κ2) is 11.7. The number of carbonyl (C=O) groups excluding carboxylic acids is 1. The highest BCUT2D eigenvalue weighted by Gasteiger charge is 2.44. The molecule has 1 aliphatic carbocycles. The molecule has 0 bridgehead atoms. The van der Waals surface area contributed by atoms with Gasteiger partial charge >= 0.3 is 24.3 Å². The second-order valence-corrected chi connectivity index (χ2v) is 8.07. The molecule has 15 heteroatoms. The molecule has 3 aliphatic rings. The van der Waals surface area contributed by atoms with Gasteiger partial charge in [-0.15, -0.1) is 0 Å². The Morgan fingerprint density at radius 3 is 2.09 bits per heavy atom. The third-order valence-electron chi connectivity index (χ3n) is 5.22. The SMILES string of the molecule is O=C(O)C(F)(F)F.O=C(O)C(F)(F)F.O=C1CO[C@@H]2CN(Cc3cccnc3)C[C@H]2N1CC1CC1. The lowest BCUT2D eigenvalue weighted by atomic mass is 10.1. The lowest BCUT2D eigenvalue weighted by Gasteiger charge is -2.36. The summed E-state index contributed by atoms with van der Waals surface area (Å²) in [5, 5.41) is 14.2. The number of hydrogen-bond donors (Lipinski definition) is 2. The molecule has 1 aromatic rings. The Morgan fingerprint density at radius 2 is 1.63 bits per heavy atom. The number of alkyl halides is 6. The third kappa shape index (κ3) is 9.32. The highest BCUT2D eigenvalue weighted by atomic mass is 19.4. The van der Waals surface area contributed by atoms with Crippen LogP contribution in [0.15, 0.2) is 24.5 Å². The number of rotatable bonds is 4. The molecule has 4 rings (SSSR count). The van der Waals surface area contributed by atoms with Crippen molar-refractivity contribution in [3.8, 4) is 0 Å². The topological polar surface area (TPSA) is 120 Å². The maximum absolute atomic E-state index is 12.1. The van der Waals surface area contributed by atoms with E-state index in [-0.39, 0.29) is 24.7 Å². The maximum atomic E-state index is 12.1. The van der Waals surface area contributed by atoms with E-state index >= 15 is 0 Å². The summed E-state index contributed by atoms with van der Waals surface area (Å²) >= 11 is 0. The predicted molar refractivity (Wildman–Crippen MR) is 105 cm³/mol. The zero-order chi connectivity index (χ0) is 26.4. The number of nitrogens with zero attached hydrogens (tertiary/aromatic N) is 3. The molecule has 0 radical (unpaired) electrons. The number of ether oxygens (including phenoxy) is 1. The minimum Gasteiger partial charge on any atom is -0.475 e. The molecule has 3 fully saturated rings. The van der Waals surface area contributed by atoms with E-state index in [0.717, 1.165) is 32.1 Å². The van der Waals surface area contributed by atoms with E-state index in [9.17, 15) is 31.1 Å². The number of amides is 1. The summed E-state index contributed by atoms with van der Waals surface area (Å²) < 4.78 is 69.2. The Balaban J connectivity index is 0.000000257. The van der Waals surface area contributed by atoms with E-state index in [1.807, 2.05) is 12.3 Å². The van der Waals surface area contributed by atoms with Crippen LogP contribution < -0.4 is 0 Å². The lowest BCUT2D eigenvalue weighted by molar-refractivity contribution is -0.193.